The molecule has 1 aromatic rings. The quantitative estimate of drug-likeness (QED) is 0.808. The van der Waals surface area contributed by atoms with Crippen molar-refractivity contribution >= 4 is 21.8 Å². The van der Waals surface area contributed by atoms with E-state index in [1.54, 1.807) is 0 Å². The number of amides is 1. The predicted octanol–water partition coefficient (Wildman–Crippen LogP) is 1.96. The van der Waals surface area contributed by atoms with Gasteiger partial charge in [0.1, 0.15) is 5.75 Å². The van der Waals surface area contributed by atoms with Crippen LogP contribution in [0.2, 0.25) is 0 Å². The van der Waals surface area contributed by atoms with Gasteiger partial charge in [0, 0.05) is 17.6 Å². The molecule has 0 saturated heterocycles. The number of carbonyl (C=O) groups excluding carboxylic acids is 1. The van der Waals surface area contributed by atoms with Crippen LogP contribution in [0.1, 0.15) is 13.3 Å². The molecule has 0 aliphatic heterocycles. The second-order valence-corrected chi connectivity index (χ2v) is 5.06. The van der Waals surface area contributed by atoms with E-state index in [4.69, 9.17) is 9.84 Å². The average molecular weight is 316 g/mol. The summed E-state index contributed by atoms with van der Waals surface area (Å²) in [6, 6.07) is 7.46. The standard InChI is InChI=1S/C13H18BrNO3/c1-10(9-16)8-15-13(17)6-7-18-12-4-2-11(14)3-5-12/h2-5,10,16H,6-9H2,1H3,(H,15,17). The van der Waals surface area contributed by atoms with Gasteiger partial charge >= 0.3 is 0 Å². The fourth-order valence-electron chi connectivity index (χ4n) is 1.23. The van der Waals surface area contributed by atoms with Crippen LogP contribution >= 0.6 is 15.9 Å². The lowest BCUT2D eigenvalue weighted by atomic mass is 10.2. The summed E-state index contributed by atoms with van der Waals surface area (Å²) >= 11 is 3.34. The molecule has 0 spiro atoms. The number of rotatable bonds is 7. The number of carbonyl (C=O) groups is 1. The number of nitrogens with one attached hydrogen (secondary N) is 1. The first kappa shape index (κ1) is 15.0. The summed E-state index contributed by atoms with van der Waals surface area (Å²) < 4.78 is 6.43. The number of aliphatic hydroxyl groups is 1. The highest BCUT2D eigenvalue weighted by atomic mass is 79.9. The number of ether oxygens (including phenoxy) is 1. The Morgan fingerprint density at radius 2 is 2.11 bits per heavy atom. The van der Waals surface area contributed by atoms with Gasteiger partial charge in [0.15, 0.2) is 0 Å². The number of benzene rings is 1. The lowest BCUT2D eigenvalue weighted by Crippen LogP contribution is -2.30. The molecule has 100 valence electrons. The summed E-state index contributed by atoms with van der Waals surface area (Å²) in [7, 11) is 0. The fourth-order valence-corrected chi connectivity index (χ4v) is 1.50. The van der Waals surface area contributed by atoms with Crippen LogP contribution in [-0.4, -0.2) is 30.8 Å². The maximum atomic E-state index is 11.4. The molecular weight excluding hydrogens is 298 g/mol. The first-order valence-electron chi connectivity index (χ1n) is 5.87. The zero-order valence-electron chi connectivity index (χ0n) is 10.4. The SMILES string of the molecule is CC(CO)CNC(=O)CCOc1ccc(Br)cc1. The van der Waals surface area contributed by atoms with Gasteiger partial charge in [-0.05, 0) is 30.2 Å². The highest BCUT2D eigenvalue weighted by Crippen LogP contribution is 2.16. The van der Waals surface area contributed by atoms with E-state index in [1.165, 1.54) is 0 Å². The van der Waals surface area contributed by atoms with Crippen molar-refractivity contribution in [3.8, 4) is 5.75 Å². The summed E-state index contributed by atoms with van der Waals surface area (Å²) in [5.41, 5.74) is 0. The molecular formula is C13H18BrNO3. The largest absolute Gasteiger partial charge is 0.493 e. The summed E-state index contributed by atoms with van der Waals surface area (Å²) in [5, 5.41) is 11.6. The summed E-state index contributed by atoms with van der Waals surface area (Å²) in [4.78, 5) is 11.4. The summed E-state index contributed by atoms with van der Waals surface area (Å²) in [5.74, 6) is 0.767. The number of halogens is 1. The van der Waals surface area contributed by atoms with Crippen LogP contribution in [0, 0.1) is 5.92 Å². The van der Waals surface area contributed by atoms with Gasteiger partial charge < -0.3 is 15.2 Å². The minimum atomic E-state index is -0.0626. The molecule has 0 radical (unpaired) electrons. The highest BCUT2D eigenvalue weighted by Gasteiger charge is 2.04. The number of hydrogen-bond acceptors (Lipinski definition) is 3. The Labute approximate surface area is 115 Å². The van der Waals surface area contributed by atoms with E-state index in [-0.39, 0.29) is 18.4 Å². The second kappa shape index (κ2) is 8.11. The van der Waals surface area contributed by atoms with Gasteiger partial charge in [-0.15, -0.1) is 0 Å². The van der Waals surface area contributed by atoms with E-state index in [0.717, 1.165) is 10.2 Å². The summed E-state index contributed by atoms with van der Waals surface area (Å²) in [6.07, 6.45) is 0.314. The first-order chi connectivity index (χ1) is 8.61. The molecule has 0 aromatic heterocycles. The molecule has 0 saturated carbocycles. The lowest BCUT2D eigenvalue weighted by Gasteiger charge is -2.10. The zero-order chi connectivity index (χ0) is 13.4. The van der Waals surface area contributed by atoms with Crippen molar-refractivity contribution in [2.45, 2.75) is 13.3 Å². The lowest BCUT2D eigenvalue weighted by molar-refractivity contribution is -0.121. The second-order valence-electron chi connectivity index (χ2n) is 4.14. The third-order valence-corrected chi connectivity index (χ3v) is 2.90. The summed E-state index contributed by atoms with van der Waals surface area (Å²) in [6.45, 7) is 2.79. The van der Waals surface area contributed by atoms with Crippen molar-refractivity contribution < 1.29 is 14.6 Å². The van der Waals surface area contributed by atoms with Gasteiger partial charge in [-0.25, -0.2) is 0 Å². The third-order valence-electron chi connectivity index (χ3n) is 2.37. The molecule has 5 heteroatoms. The predicted molar refractivity (Wildman–Crippen MR) is 73.5 cm³/mol. The van der Waals surface area contributed by atoms with Gasteiger partial charge in [0.2, 0.25) is 5.91 Å². The molecule has 0 aliphatic carbocycles. The zero-order valence-corrected chi connectivity index (χ0v) is 11.9. The van der Waals surface area contributed by atoms with E-state index in [1.807, 2.05) is 31.2 Å². The molecule has 1 rings (SSSR count). The van der Waals surface area contributed by atoms with Gasteiger partial charge in [-0.2, -0.15) is 0 Å². The smallest absolute Gasteiger partial charge is 0.223 e. The Morgan fingerprint density at radius 1 is 1.44 bits per heavy atom. The minimum Gasteiger partial charge on any atom is -0.493 e. The monoisotopic (exact) mass is 315 g/mol. The molecule has 0 aliphatic rings. The molecule has 0 fully saturated rings. The van der Waals surface area contributed by atoms with Crippen molar-refractivity contribution in [2.24, 2.45) is 5.92 Å². The molecule has 1 aromatic carbocycles. The Kier molecular flexibility index (Phi) is 6.75. The van der Waals surface area contributed by atoms with Crippen LogP contribution in [0.5, 0.6) is 5.75 Å². The van der Waals surface area contributed by atoms with Gasteiger partial charge in [-0.3, -0.25) is 4.79 Å². The Balaban J connectivity index is 2.17. The molecule has 1 unspecified atom stereocenters. The molecule has 2 N–H and O–H groups in total. The molecule has 1 amide bonds. The van der Waals surface area contributed by atoms with Crippen LogP contribution in [0.3, 0.4) is 0 Å². The Bertz CT molecular complexity index is 367. The minimum absolute atomic E-state index is 0.0626. The fraction of sp³-hybridized carbons (Fsp3) is 0.462. The van der Waals surface area contributed by atoms with Crippen LogP contribution in [0.4, 0.5) is 0 Å². The Morgan fingerprint density at radius 3 is 2.72 bits per heavy atom. The van der Waals surface area contributed by atoms with E-state index in [2.05, 4.69) is 21.2 Å². The van der Waals surface area contributed by atoms with E-state index < -0.39 is 0 Å². The van der Waals surface area contributed by atoms with Crippen LogP contribution in [0.15, 0.2) is 28.7 Å². The van der Waals surface area contributed by atoms with Crippen molar-refractivity contribution in [1.29, 1.82) is 0 Å². The molecule has 0 bridgehead atoms. The van der Waals surface area contributed by atoms with Crippen LogP contribution < -0.4 is 10.1 Å². The topological polar surface area (TPSA) is 58.6 Å². The normalized spacial score (nSPS) is 11.9. The van der Waals surface area contributed by atoms with Crippen molar-refractivity contribution in [3.05, 3.63) is 28.7 Å². The highest BCUT2D eigenvalue weighted by molar-refractivity contribution is 9.10. The van der Waals surface area contributed by atoms with Gasteiger partial charge in [0.05, 0.1) is 13.0 Å². The van der Waals surface area contributed by atoms with E-state index in [0.29, 0.717) is 19.6 Å². The molecule has 1 atom stereocenters. The maximum absolute atomic E-state index is 11.4. The molecule has 0 heterocycles. The average Bonchev–Trinajstić information content (AvgIpc) is 2.38. The Hall–Kier alpha value is -1.07. The van der Waals surface area contributed by atoms with Gasteiger partial charge in [-0.1, -0.05) is 22.9 Å². The van der Waals surface area contributed by atoms with E-state index >= 15 is 0 Å². The van der Waals surface area contributed by atoms with Crippen molar-refractivity contribution in [2.75, 3.05) is 19.8 Å². The third kappa shape index (κ3) is 6.02. The van der Waals surface area contributed by atoms with Crippen molar-refractivity contribution in [3.63, 3.8) is 0 Å². The molecule has 18 heavy (non-hydrogen) atoms. The van der Waals surface area contributed by atoms with Gasteiger partial charge in [0.25, 0.3) is 0 Å². The molecule has 4 nitrogen and oxygen atoms in total. The maximum Gasteiger partial charge on any atom is 0.223 e. The van der Waals surface area contributed by atoms with Crippen LogP contribution in [0.25, 0.3) is 0 Å². The van der Waals surface area contributed by atoms with Crippen LogP contribution in [-0.2, 0) is 4.79 Å². The van der Waals surface area contributed by atoms with Crippen molar-refractivity contribution in [1.82, 2.24) is 5.32 Å². The number of hydrogen-bond donors (Lipinski definition) is 2. The first-order valence-corrected chi connectivity index (χ1v) is 6.67. The number of aliphatic hydroxyl groups excluding tert-OH is 1. The van der Waals surface area contributed by atoms with E-state index in [9.17, 15) is 4.79 Å².